The maximum Gasteiger partial charge on any atom is 0.328 e. The summed E-state index contributed by atoms with van der Waals surface area (Å²) in [4.78, 5) is 19.5. The minimum absolute atomic E-state index is 0.456. The zero-order valence-electron chi connectivity index (χ0n) is 13.1. The Morgan fingerprint density at radius 1 is 1.46 bits per heavy atom. The normalized spacial score (nSPS) is 12.2. The summed E-state index contributed by atoms with van der Waals surface area (Å²) in [6.45, 7) is 0.473. The molecule has 0 aliphatic rings. The first-order chi connectivity index (χ1) is 11.6. The second kappa shape index (κ2) is 11.0. The van der Waals surface area contributed by atoms with Crippen molar-refractivity contribution in [3.05, 3.63) is 35.3 Å². The summed E-state index contributed by atoms with van der Waals surface area (Å²) in [5.41, 5.74) is 10.7. The standard InChI is InChI=1S/C15H17N3O2S.CH4N2/c16-9-3-6-12(15(19)20)17-10-4-8-14-18-11-5-1-2-7-13(11)21-14;2-1-3/h1-2,4-5,7-8,10,12H,3,6,9,16H2,(H,19,20);1H,(H3,2,3)/b8-4+,17-10?;. The van der Waals surface area contributed by atoms with Crippen molar-refractivity contribution in [2.24, 2.45) is 16.5 Å². The Kier molecular flexibility index (Phi) is 8.95. The number of nitrogens with two attached hydrogens (primary N) is 2. The quantitative estimate of drug-likeness (QED) is 0.449. The van der Waals surface area contributed by atoms with Gasteiger partial charge >= 0.3 is 5.97 Å². The number of rotatable bonds is 7. The van der Waals surface area contributed by atoms with Gasteiger partial charge in [0.15, 0.2) is 0 Å². The van der Waals surface area contributed by atoms with Gasteiger partial charge in [-0.1, -0.05) is 12.1 Å². The fourth-order valence-corrected chi connectivity index (χ4v) is 2.69. The Morgan fingerprint density at radius 2 is 2.17 bits per heavy atom. The lowest BCUT2D eigenvalue weighted by Gasteiger charge is -2.04. The molecule has 0 saturated carbocycles. The van der Waals surface area contributed by atoms with Gasteiger partial charge in [-0.15, -0.1) is 11.3 Å². The zero-order chi connectivity index (χ0) is 17.8. The molecule has 0 amide bonds. The fraction of sp³-hybridized carbons (Fsp3) is 0.250. The van der Waals surface area contributed by atoms with Gasteiger partial charge in [-0.2, -0.15) is 0 Å². The molecule has 6 N–H and O–H groups in total. The summed E-state index contributed by atoms with van der Waals surface area (Å²) >= 11 is 1.58. The monoisotopic (exact) mass is 347 g/mol. The number of aromatic nitrogens is 1. The SMILES string of the molecule is N=CN.NCCCC(N=C/C=C/c1nc2ccccc2s1)C(=O)O. The van der Waals surface area contributed by atoms with Gasteiger partial charge < -0.3 is 16.6 Å². The zero-order valence-corrected chi connectivity index (χ0v) is 13.9. The molecule has 7 nitrogen and oxygen atoms in total. The van der Waals surface area contributed by atoms with E-state index in [1.807, 2.05) is 30.3 Å². The predicted octanol–water partition coefficient (Wildman–Crippen LogP) is 2.12. The lowest BCUT2D eigenvalue weighted by molar-refractivity contribution is -0.138. The van der Waals surface area contributed by atoms with Crippen molar-refractivity contribution in [1.29, 1.82) is 5.41 Å². The van der Waals surface area contributed by atoms with Crippen LogP contribution in [0.1, 0.15) is 17.8 Å². The lowest BCUT2D eigenvalue weighted by Crippen LogP contribution is -2.19. The molecule has 0 saturated heterocycles. The van der Waals surface area contributed by atoms with Gasteiger partial charge in [0.05, 0.1) is 16.6 Å². The molecule has 8 heteroatoms. The van der Waals surface area contributed by atoms with Crippen molar-refractivity contribution in [2.75, 3.05) is 6.54 Å². The van der Waals surface area contributed by atoms with Crippen LogP contribution in [0.25, 0.3) is 16.3 Å². The molecule has 1 unspecified atom stereocenters. The predicted molar refractivity (Wildman–Crippen MR) is 99.8 cm³/mol. The molecular formula is C16H21N5O2S. The van der Waals surface area contributed by atoms with E-state index in [4.69, 9.17) is 16.2 Å². The van der Waals surface area contributed by atoms with E-state index in [0.29, 0.717) is 19.4 Å². The van der Waals surface area contributed by atoms with Crippen LogP contribution in [-0.4, -0.2) is 41.2 Å². The number of carboxylic acids is 1. The van der Waals surface area contributed by atoms with Crippen molar-refractivity contribution in [2.45, 2.75) is 18.9 Å². The molecular weight excluding hydrogens is 326 g/mol. The Labute approximate surface area is 144 Å². The number of para-hydroxylation sites is 1. The maximum atomic E-state index is 11.0. The molecule has 0 bridgehead atoms. The van der Waals surface area contributed by atoms with Crippen molar-refractivity contribution in [3.8, 4) is 0 Å². The number of carbonyl (C=O) groups is 1. The van der Waals surface area contributed by atoms with Gasteiger partial charge in [0.1, 0.15) is 11.0 Å². The topological polar surface area (TPSA) is 138 Å². The number of nitrogens with one attached hydrogen (secondary N) is 1. The number of allylic oxidation sites excluding steroid dienone is 1. The highest BCUT2D eigenvalue weighted by Gasteiger charge is 2.13. The first-order valence-corrected chi connectivity index (χ1v) is 8.13. The summed E-state index contributed by atoms with van der Waals surface area (Å²) in [5, 5.41) is 15.8. The number of benzene rings is 1. The summed E-state index contributed by atoms with van der Waals surface area (Å²) < 4.78 is 1.13. The highest BCUT2D eigenvalue weighted by Crippen LogP contribution is 2.22. The fourth-order valence-electron chi connectivity index (χ4n) is 1.81. The first kappa shape index (κ1) is 19.5. The maximum absolute atomic E-state index is 11.0. The summed E-state index contributed by atoms with van der Waals surface area (Å²) in [7, 11) is 0. The average molecular weight is 347 g/mol. The van der Waals surface area contributed by atoms with Gasteiger partial charge in [-0.25, -0.2) is 9.78 Å². The van der Waals surface area contributed by atoms with E-state index in [-0.39, 0.29) is 0 Å². The van der Waals surface area contributed by atoms with Crippen LogP contribution in [0.15, 0.2) is 35.3 Å². The molecule has 2 aromatic rings. The minimum Gasteiger partial charge on any atom is -0.480 e. The Balaban J connectivity index is 0.000000891. The highest BCUT2D eigenvalue weighted by molar-refractivity contribution is 7.19. The molecule has 2 rings (SSSR count). The minimum atomic E-state index is -0.923. The number of aliphatic carboxylic acids is 1. The van der Waals surface area contributed by atoms with E-state index in [9.17, 15) is 4.79 Å². The molecule has 128 valence electrons. The molecule has 1 aromatic carbocycles. The number of hydrogen-bond acceptors (Lipinski definition) is 6. The molecule has 0 spiro atoms. The van der Waals surface area contributed by atoms with Crippen LogP contribution in [-0.2, 0) is 4.79 Å². The Bertz CT molecular complexity index is 678. The number of thiazole rings is 1. The van der Waals surface area contributed by atoms with E-state index >= 15 is 0 Å². The van der Waals surface area contributed by atoms with Crippen LogP contribution in [0.2, 0.25) is 0 Å². The van der Waals surface area contributed by atoms with Crippen LogP contribution in [0.3, 0.4) is 0 Å². The summed E-state index contributed by atoms with van der Waals surface area (Å²) in [6.07, 6.45) is 6.92. The number of nitrogens with zero attached hydrogens (tertiary/aromatic N) is 2. The third-order valence-electron chi connectivity index (χ3n) is 2.87. The van der Waals surface area contributed by atoms with E-state index in [1.54, 1.807) is 17.4 Å². The number of aliphatic imine (C=N–C) groups is 1. The summed E-state index contributed by atoms with van der Waals surface area (Å²) in [6, 6.07) is 7.18. The smallest absolute Gasteiger partial charge is 0.328 e. The summed E-state index contributed by atoms with van der Waals surface area (Å²) in [5.74, 6) is -0.923. The van der Waals surface area contributed by atoms with Gasteiger partial charge in [-0.3, -0.25) is 10.4 Å². The van der Waals surface area contributed by atoms with Crippen LogP contribution < -0.4 is 11.5 Å². The van der Waals surface area contributed by atoms with Crippen LogP contribution in [0, 0.1) is 5.41 Å². The van der Waals surface area contributed by atoms with Crippen LogP contribution >= 0.6 is 11.3 Å². The van der Waals surface area contributed by atoms with Gasteiger partial charge in [0, 0.05) is 6.21 Å². The molecule has 1 heterocycles. The molecule has 0 aliphatic carbocycles. The molecule has 1 aromatic heterocycles. The Morgan fingerprint density at radius 3 is 2.79 bits per heavy atom. The third kappa shape index (κ3) is 6.67. The van der Waals surface area contributed by atoms with E-state index in [2.05, 4.69) is 15.7 Å². The van der Waals surface area contributed by atoms with Crippen LogP contribution in [0.4, 0.5) is 0 Å². The van der Waals surface area contributed by atoms with Gasteiger partial charge in [-0.05, 0) is 43.7 Å². The van der Waals surface area contributed by atoms with Crippen LogP contribution in [0.5, 0.6) is 0 Å². The molecule has 0 fully saturated rings. The van der Waals surface area contributed by atoms with Crippen molar-refractivity contribution in [1.82, 2.24) is 4.98 Å². The largest absolute Gasteiger partial charge is 0.480 e. The van der Waals surface area contributed by atoms with E-state index in [0.717, 1.165) is 21.6 Å². The van der Waals surface area contributed by atoms with Crippen molar-refractivity contribution >= 4 is 46.2 Å². The van der Waals surface area contributed by atoms with E-state index < -0.39 is 12.0 Å². The average Bonchev–Trinajstić information content (AvgIpc) is 2.97. The number of carboxylic acid groups (broad SMARTS) is 1. The van der Waals surface area contributed by atoms with Crippen molar-refractivity contribution < 1.29 is 9.90 Å². The number of hydrogen-bond donors (Lipinski definition) is 4. The first-order valence-electron chi connectivity index (χ1n) is 7.31. The lowest BCUT2D eigenvalue weighted by atomic mass is 10.1. The van der Waals surface area contributed by atoms with E-state index in [1.165, 1.54) is 6.21 Å². The Hall–Kier alpha value is -2.58. The van der Waals surface area contributed by atoms with Gasteiger partial charge in [0.2, 0.25) is 0 Å². The second-order valence-corrected chi connectivity index (χ2v) is 5.69. The molecule has 0 aliphatic heterocycles. The molecule has 1 atom stereocenters. The second-order valence-electron chi connectivity index (χ2n) is 4.63. The van der Waals surface area contributed by atoms with Gasteiger partial charge in [0.25, 0.3) is 0 Å². The molecule has 24 heavy (non-hydrogen) atoms. The third-order valence-corrected chi connectivity index (χ3v) is 3.87. The van der Waals surface area contributed by atoms with Crippen molar-refractivity contribution in [3.63, 3.8) is 0 Å². The molecule has 0 radical (unpaired) electrons. The number of fused-ring (bicyclic) bond motifs is 1. The highest BCUT2D eigenvalue weighted by atomic mass is 32.1.